The monoisotopic (exact) mass is 434 g/mol. The molecule has 1 fully saturated rings. The molecule has 4 nitrogen and oxygen atoms in total. The van der Waals surface area contributed by atoms with Crippen LogP contribution in [0.3, 0.4) is 0 Å². The zero-order chi connectivity index (χ0) is 22.9. The van der Waals surface area contributed by atoms with Crippen molar-refractivity contribution in [3.63, 3.8) is 0 Å². The molecule has 174 valence electrons. The first-order chi connectivity index (χ1) is 15.5. The predicted octanol–water partition coefficient (Wildman–Crippen LogP) is 4.48. The molecule has 4 heteroatoms. The average Bonchev–Trinajstić information content (AvgIpc) is 2.77. The van der Waals surface area contributed by atoms with E-state index in [1.165, 1.54) is 22.4 Å². The summed E-state index contributed by atoms with van der Waals surface area (Å²) >= 11 is 0. The number of rotatable bonds is 12. The lowest BCUT2D eigenvalue weighted by atomic mass is 9.99. The Kier molecular flexibility index (Phi) is 9.19. The molecule has 2 N–H and O–H groups in total. The summed E-state index contributed by atoms with van der Waals surface area (Å²) in [7, 11) is 0. The minimum atomic E-state index is 0.553. The van der Waals surface area contributed by atoms with Gasteiger partial charge in [0.25, 0.3) is 0 Å². The van der Waals surface area contributed by atoms with E-state index in [0.717, 1.165) is 64.4 Å². The van der Waals surface area contributed by atoms with E-state index < -0.39 is 0 Å². The van der Waals surface area contributed by atoms with Crippen LogP contribution in [0, 0.1) is 5.92 Å². The molecule has 3 rings (SSSR count). The van der Waals surface area contributed by atoms with E-state index >= 15 is 0 Å². The maximum Gasteiger partial charge on any atom is 0.0422 e. The predicted molar refractivity (Wildman–Crippen MR) is 137 cm³/mol. The van der Waals surface area contributed by atoms with Crippen molar-refractivity contribution in [2.24, 2.45) is 5.92 Å². The topological polar surface area (TPSA) is 30.5 Å². The molecule has 1 atom stereocenters. The molecule has 0 amide bonds. The molecule has 1 saturated heterocycles. The molecule has 1 aromatic carbocycles. The Hall–Kier alpha value is -2.30. The van der Waals surface area contributed by atoms with Crippen LogP contribution in [0.1, 0.15) is 38.3 Å². The second-order valence-corrected chi connectivity index (χ2v) is 9.31. The lowest BCUT2D eigenvalue weighted by Gasteiger charge is -2.42. The van der Waals surface area contributed by atoms with Gasteiger partial charge in [-0.1, -0.05) is 69.5 Å². The van der Waals surface area contributed by atoms with Gasteiger partial charge in [0.05, 0.1) is 0 Å². The van der Waals surface area contributed by atoms with E-state index in [1.54, 1.807) is 0 Å². The second-order valence-electron chi connectivity index (χ2n) is 9.31. The molecule has 32 heavy (non-hydrogen) atoms. The quantitative estimate of drug-likeness (QED) is 0.475. The number of allylic oxidation sites excluding steroid dienone is 3. The van der Waals surface area contributed by atoms with E-state index in [1.807, 2.05) is 0 Å². The summed E-state index contributed by atoms with van der Waals surface area (Å²) in [6, 6.07) is 9.41. The van der Waals surface area contributed by atoms with E-state index in [4.69, 9.17) is 0 Å². The SMILES string of the molecule is C=C(NCC(C)CN1CCc2ccccc2C1)C(/C=C\C)=C/CNC1CN(C(=C)CC)C1. The third-order valence-corrected chi connectivity index (χ3v) is 6.60. The molecule has 0 saturated carbocycles. The molecule has 0 bridgehead atoms. The number of hydrogen-bond donors (Lipinski definition) is 2. The number of likely N-dealkylation sites (tertiary alicyclic amines) is 1. The van der Waals surface area contributed by atoms with E-state index in [0.29, 0.717) is 12.0 Å². The fraction of sp³-hybridized carbons (Fsp3) is 0.500. The van der Waals surface area contributed by atoms with E-state index in [2.05, 4.69) is 96.9 Å². The van der Waals surface area contributed by atoms with Gasteiger partial charge in [0.1, 0.15) is 0 Å². The third-order valence-electron chi connectivity index (χ3n) is 6.60. The Morgan fingerprint density at radius 2 is 1.97 bits per heavy atom. The first kappa shape index (κ1) is 24.3. The van der Waals surface area contributed by atoms with E-state index in [-0.39, 0.29) is 0 Å². The van der Waals surface area contributed by atoms with Gasteiger partial charge in [0.15, 0.2) is 0 Å². The van der Waals surface area contributed by atoms with Crippen molar-refractivity contribution < 1.29 is 0 Å². The molecule has 0 aromatic heterocycles. The highest BCUT2D eigenvalue weighted by atomic mass is 15.2. The maximum atomic E-state index is 4.31. The Morgan fingerprint density at radius 1 is 1.22 bits per heavy atom. The highest BCUT2D eigenvalue weighted by Gasteiger charge is 2.25. The zero-order valence-corrected chi connectivity index (χ0v) is 20.4. The van der Waals surface area contributed by atoms with Gasteiger partial charge in [-0.3, -0.25) is 4.90 Å². The highest BCUT2D eigenvalue weighted by Crippen LogP contribution is 2.19. The fourth-order valence-electron chi connectivity index (χ4n) is 4.51. The standard InChI is InChI=1S/C28H42N4/c1-6-10-25(13-15-29-28-20-32(21-28)23(4)7-2)24(5)30-17-22(3)18-31-16-14-26-11-8-9-12-27(26)19-31/h6,8-13,22,28-30H,4-5,7,14-21H2,1-3H3/b10-6-,25-13+. The lowest BCUT2D eigenvalue weighted by molar-refractivity contribution is 0.170. The summed E-state index contributed by atoms with van der Waals surface area (Å²) in [6.45, 7) is 22.3. The molecule has 0 radical (unpaired) electrons. The molecule has 0 aliphatic carbocycles. The van der Waals surface area contributed by atoms with Gasteiger partial charge in [0.2, 0.25) is 0 Å². The van der Waals surface area contributed by atoms with Gasteiger partial charge in [0, 0.05) is 63.2 Å². The molecule has 2 aliphatic heterocycles. The van der Waals surface area contributed by atoms with Gasteiger partial charge >= 0.3 is 0 Å². The minimum Gasteiger partial charge on any atom is -0.385 e. The second kappa shape index (κ2) is 12.1. The summed E-state index contributed by atoms with van der Waals surface area (Å²) < 4.78 is 0. The summed E-state index contributed by atoms with van der Waals surface area (Å²) in [4.78, 5) is 4.94. The summed E-state index contributed by atoms with van der Waals surface area (Å²) in [6.07, 6.45) is 8.68. The van der Waals surface area contributed by atoms with Gasteiger partial charge in [-0.15, -0.1) is 0 Å². The van der Waals surface area contributed by atoms with Crippen LogP contribution in [0.25, 0.3) is 0 Å². The summed E-state index contributed by atoms with van der Waals surface area (Å²) in [5.41, 5.74) is 6.43. The van der Waals surface area contributed by atoms with Crippen LogP contribution in [-0.4, -0.2) is 55.1 Å². The van der Waals surface area contributed by atoms with Gasteiger partial charge in [-0.2, -0.15) is 0 Å². The van der Waals surface area contributed by atoms with Crippen LogP contribution in [0.2, 0.25) is 0 Å². The van der Waals surface area contributed by atoms with Gasteiger partial charge < -0.3 is 15.5 Å². The summed E-state index contributed by atoms with van der Waals surface area (Å²) in [5, 5.41) is 7.21. The normalized spacial score (nSPS) is 18.3. The molecule has 2 aliphatic rings. The number of nitrogens with zero attached hydrogens (tertiary/aromatic N) is 2. The Bertz CT molecular complexity index is 832. The van der Waals surface area contributed by atoms with Crippen molar-refractivity contribution in [1.82, 2.24) is 20.4 Å². The van der Waals surface area contributed by atoms with Crippen LogP contribution in [0.4, 0.5) is 0 Å². The zero-order valence-electron chi connectivity index (χ0n) is 20.4. The molecule has 2 heterocycles. The number of hydrogen-bond acceptors (Lipinski definition) is 4. The highest BCUT2D eigenvalue weighted by molar-refractivity contribution is 5.37. The van der Waals surface area contributed by atoms with Crippen molar-refractivity contribution in [1.29, 1.82) is 0 Å². The lowest BCUT2D eigenvalue weighted by Crippen LogP contribution is -2.57. The van der Waals surface area contributed by atoms with Crippen LogP contribution in [0.5, 0.6) is 0 Å². The van der Waals surface area contributed by atoms with Crippen molar-refractivity contribution in [2.75, 3.05) is 39.3 Å². The maximum absolute atomic E-state index is 4.31. The van der Waals surface area contributed by atoms with Gasteiger partial charge in [-0.05, 0) is 42.4 Å². The van der Waals surface area contributed by atoms with Gasteiger partial charge in [-0.25, -0.2) is 0 Å². The molecular weight excluding hydrogens is 392 g/mol. The fourth-order valence-corrected chi connectivity index (χ4v) is 4.51. The van der Waals surface area contributed by atoms with Crippen molar-refractivity contribution in [3.8, 4) is 0 Å². The number of benzene rings is 1. The smallest absolute Gasteiger partial charge is 0.0422 e. The minimum absolute atomic E-state index is 0.553. The van der Waals surface area contributed by atoms with Crippen LogP contribution >= 0.6 is 0 Å². The molecular formula is C28H42N4. The van der Waals surface area contributed by atoms with E-state index in [9.17, 15) is 0 Å². The molecule has 0 spiro atoms. The van der Waals surface area contributed by atoms with Crippen molar-refractivity contribution in [3.05, 3.63) is 83.7 Å². The van der Waals surface area contributed by atoms with Crippen LogP contribution in [0.15, 0.2) is 72.6 Å². The first-order valence-corrected chi connectivity index (χ1v) is 12.2. The first-order valence-electron chi connectivity index (χ1n) is 12.2. The Labute approximate surface area is 195 Å². The molecule has 1 aromatic rings. The van der Waals surface area contributed by atoms with Crippen LogP contribution < -0.4 is 10.6 Å². The largest absolute Gasteiger partial charge is 0.385 e. The van der Waals surface area contributed by atoms with Crippen molar-refractivity contribution in [2.45, 2.75) is 46.2 Å². The Balaban J connectivity index is 1.39. The Morgan fingerprint density at radius 3 is 2.69 bits per heavy atom. The van der Waals surface area contributed by atoms with Crippen molar-refractivity contribution >= 4 is 0 Å². The summed E-state index contributed by atoms with van der Waals surface area (Å²) in [5.74, 6) is 0.564. The third kappa shape index (κ3) is 6.85. The number of fused-ring (bicyclic) bond motifs is 1. The molecule has 1 unspecified atom stereocenters. The average molecular weight is 435 g/mol. The van der Waals surface area contributed by atoms with Crippen LogP contribution in [-0.2, 0) is 13.0 Å². The number of nitrogens with one attached hydrogen (secondary N) is 2.